The fourth-order valence-corrected chi connectivity index (χ4v) is 1.45. The van der Waals surface area contributed by atoms with Crippen LogP contribution in [0.3, 0.4) is 0 Å². The highest BCUT2D eigenvalue weighted by atomic mass is 16.5. The summed E-state index contributed by atoms with van der Waals surface area (Å²) in [4.78, 5) is 0. The van der Waals surface area contributed by atoms with Crippen LogP contribution in [-0.4, -0.2) is 19.8 Å². The molecule has 1 aromatic rings. The van der Waals surface area contributed by atoms with E-state index in [9.17, 15) is 0 Å². The lowest BCUT2D eigenvalue weighted by Gasteiger charge is -2.13. The normalized spacial score (nSPS) is 12.4. The van der Waals surface area contributed by atoms with Crippen molar-refractivity contribution in [2.24, 2.45) is 5.73 Å². The minimum Gasteiger partial charge on any atom is -0.491 e. The minimum atomic E-state index is -0.00670. The molecule has 2 N–H and O–H groups in total. The molecular weight excluding hydrogens is 202 g/mol. The van der Waals surface area contributed by atoms with E-state index in [-0.39, 0.29) is 6.04 Å². The SMILES string of the molecule is CCCOCCOc1ccccc1[C@H](C)N. The van der Waals surface area contributed by atoms with E-state index in [0.717, 1.165) is 24.3 Å². The summed E-state index contributed by atoms with van der Waals surface area (Å²) in [7, 11) is 0. The molecule has 0 fully saturated rings. The fourth-order valence-electron chi connectivity index (χ4n) is 1.45. The van der Waals surface area contributed by atoms with E-state index in [2.05, 4.69) is 6.92 Å². The Kier molecular flexibility index (Phi) is 5.90. The molecular formula is C13H21NO2. The number of hydrogen-bond acceptors (Lipinski definition) is 3. The zero-order valence-electron chi connectivity index (χ0n) is 10.1. The van der Waals surface area contributed by atoms with E-state index in [0.29, 0.717) is 13.2 Å². The molecule has 16 heavy (non-hydrogen) atoms. The molecule has 3 heteroatoms. The molecule has 1 rings (SSSR count). The van der Waals surface area contributed by atoms with Crippen molar-refractivity contribution in [1.29, 1.82) is 0 Å². The third kappa shape index (κ3) is 4.21. The quantitative estimate of drug-likeness (QED) is 0.722. The molecule has 0 aliphatic heterocycles. The van der Waals surface area contributed by atoms with Crippen molar-refractivity contribution in [3.63, 3.8) is 0 Å². The van der Waals surface area contributed by atoms with Crippen LogP contribution in [0.1, 0.15) is 31.9 Å². The van der Waals surface area contributed by atoms with Gasteiger partial charge in [-0.15, -0.1) is 0 Å². The molecule has 0 radical (unpaired) electrons. The van der Waals surface area contributed by atoms with Crippen LogP contribution in [0.25, 0.3) is 0 Å². The maximum absolute atomic E-state index is 5.86. The lowest BCUT2D eigenvalue weighted by atomic mass is 10.1. The Morgan fingerprint density at radius 2 is 1.94 bits per heavy atom. The Hall–Kier alpha value is -1.06. The lowest BCUT2D eigenvalue weighted by molar-refractivity contribution is 0.100. The molecule has 1 aromatic carbocycles. The van der Waals surface area contributed by atoms with Gasteiger partial charge in [-0.1, -0.05) is 25.1 Å². The molecule has 0 amide bonds. The Morgan fingerprint density at radius 3 is 2.62 bits per heavy atom. The van der Waals surface area contributed by atoms with Crippen LogP contribution < -0.4 is 10.5 Å². The van der Waals surface area contributed by atoms with Crippen LogP contribution in [-0.2, 0) is 4.74 Å². The van der Waals surface area contributed by atoms with E-state index in [1.54, 1.807) is 0 Å². The molecule has 0 saturated heterocycles. The van der Waals surface area contributed by atoms with Crippen LogP contribution in [0.5, 0.6) is 5.75 Å². The van der Waals surface area contributed by atoms with Crippen LogP contribution >= 0.6 is 0 Å². The summed E-state index contributed by atoms with van der Waals surface area (Å²) in [6, 6.07) is 7.85. The molecule has 0 unspecified atom stereocenters. The Balaban J connectivity index is 2.41. The van der Waals surface area contributed by atoms with Gasteiger partial charge < -0.3 is 15.2 Å². The van der Waals surface area contributed by atoms with E-state index in [1.165, 1.54) is 0 Å². The van der Waals surface area contributed by atoms with Gasteiger partial charge in [-0.2, -0.15) is 0 Å². The number of para-hydroxylation sites is 1. The van der Waals surface area contributed by atoms with Gasteiger partial charge in [0.1, 0.15) is 12.4 Å². The first-order valence-electron chi connectivity index (χ1n) is 5.80. The molecule has 0 saturated carbocycles. The van der Waals surface area contributed by atoms with E-state index in [1.807, 2.05) is 31.2 Å². The molecule has 0 aliphatic carbocycles. The van der Waals surface area contributed by atoms with Crippen molar-refractivity contribution in [2.75, 3.05) is 19.8 Å². The largest absolute Gasteiger partial charge is 0.491 e. The van der Waals surface area contributed by atoms with Crippen LogP contribution in [0.15, 0.2) is 24.3 Å². The van der Waals surface area contributed by atoms with Gasteiger partial charge in [-0.25, -0.2) is 0 Å². The third-order valence-corrected chi connectivity index (χ3v) is 2.24. The van der Waals surface area contributed by atoms with Gasteiger partial charge in [0, 0.05) is 18.2 Å². The fraction of sp³-hybridized carbons (Fsp3) is 0.538. The standard InChI is InChI=1S/C13H21NO2/c1-3-8-15-9-10-16-13-7-5-4-6-12(13)11(2)14/h4-7,11H,3,8-10,14H2,1-2H3/t11-/m0/s1. The molecule has 0 aliphatic rings. The number of nitrogens with two attached hydrogens (primary N) is 1. The van der Waals surface area contributed by atoms with Gasteiger partial charge in [0.25, 0.3) is 0 Å². The zero-order valence-corrected chi connectivity index (χ0v) is 10.1. The zero-order chi connectivity index (χ0) is 11.8. The summed E-state index contributed by atoms with van der Waals surface area (Å²) in [6.07, 6.45) is 1.04. The first-order chi connectivity index (χ1) is 7.75. The Bertz CT molecular complexity index is 300. The summed E-state index contributed by atoms with van der Waals surface area (Å²) in [6.45, 7) is 6.03. The average molecular weight is 223 g/mol. The maximum atomic E-state index is 5.86. The van der Waals surface area contributed by atoms with Gasteiger partial charge in [-0.05, 0) is 19.4 Å². The average Bonchev–Trinajstić information content (AvgIpc) is 2.29. The van der Waals surface area contributed by atoms with Gasteiger partial charge >= 0.3 is 0 Å². The topological polar surface area (TPSA) is 44.5 Å². The molecule has 0 spiro atoms. The van der Waals surface area contributed by atoms with Crippen molar-refractivity contribution >= 4 is 0 Å². The second kappa shape index (κ2) is 7.25. The highest BCUT2D eigenvalue weighted by molar-refractivity contribution is 5.35. The summed E-state index contributed by atoms with van der Waals surface area (Å²) < 4.78 is 11.0. The minimum absolute atomic E-state index is 0.00670. The molecule has 0 bridgehead atoms. The summed E-state index contributed by atoms with van der Waals surface area (Å²) in [5.41, 5.74) is 6.90. The Morgan fingerprint density at radius 1 is 1.19 bits per heavy atom. The van der Waals surface area contributed by atoms with E-state index >= 15 is 0 Å². The van der Waals surface area contributed by atoms with Crippen LogP contribution in [0.4, 0.5) is 0 Å². The number of hydrogen-bond donors (Lipinski definition) is 1. The van der Waals surface area contributed by atoms with Crippen molar-refractivity contribution in [3.8, 4) is 5.75 Å². The monoisotopic (exact) mass is 223 g/mol. The molecule has 0 heterocycles. The lowest BCUT2D eigenvalue weighted by Crippen LogP contribution is -2.11. The molecule has 3 nitrogen and oxygen atoms in total. The Labute approximate surface area is 97.6 Å². The number of rotatable bonds is 7. The number of benzene rings is 1. The van der Waals surface area contributed by atoms with E-state index < -0.39 is 0 Å². The smallest absolute Gasteiger partial charge is 0.124 e. The summed E-state index contributed by atoms with van der Waals surface area (Å²) >= 11 is 0. The van der Waals surface area contributed by atoms with Crippen molar-refractivity contribution < 1.29 is 9.47 Å². The van der Waals surface area contributed by atoms with Crippen molar-refractivity contribution in [2.45, 2.75) is 26.3 Å². The maximum Gasteiger partial charge on any atom is 0.124 e. The highest BCUT2D eigenvalue weighted by Gasteiger charge is 2.06. The third-order valence-electron chi connectivity index (χ3n) is 2.24. The highest BCUT2D eigenvalue weighted by Crippen LogP contribution is 2.22. The predicted molar refractivity (Wildman–Crippen MR) is 65.6 cm³/mol. The predicted octanol–water partition coefficient (Wildman–Crippen LogP) is 2.51. The van der Waals surface area contributed by atoms with Gasteiger partial charge in [-0.3, -0.25) is 0 Å². The van der Waals surface area contributed by atoms with Crippen molar-refractivity contribution in [1.82, 2.24) is 0 Å². The van der Waals surface area contributed by atoms with Gasteiger partial charge in [0.15, 0.2) is 0 Å². The van der Waals surface area contributed by atoms with Crippen molar-refractivity contribution in [3.05, 3.63) is 29.8 Å². The van der Waals surface area contributed by atoms with E-state index in [4.69, 9.17) is 15.2 Å². The second-order valence-corrected chi connectivity index (χ2v) is 3.79. The van der Waals surface area contributed by atoms with Crippen LogP contribution in [0, 0.1) is 0 Å². The van der Waals surface area contributed by atoms with Gasteiger partial charge in [0.05, 0.1) is 6.61 Å². The van der Waals surface area contributed by atoms with Gasteiger partial charge in [0.2, 0.25) is 0 Å². The van der Waals surface area contributed by atoms with Crippen LogP contribution in [0.2, 0.25) is 0 Å². The molecule has 1 atom stereocenters. The summed E-state index contributed by atoms with van der Waals surface area (Å²) in [5, 5.41) is 0. The molecule has 0 aromatic heterocycles. The summed E-state index contributed by atoms with van der Waals surface area (Å²) in [5.74, 6) is 0.859. The molecule has 90 valence electrons. The first kappa shape index (κ1) is 13.0. The number of ether oxygens (including phenoxy) is 2. The first-order valence-corrected chi connectivity index (χ1v) is 5.80. The second-order valence-electron chi connectivity index (χ2n) is 3.79.